The maximum atomic E-state index is 11.0. The molecule has 0 saturated heterocycles. The summed E-state index contributed by atoms with van der Waals surface area (Å²) in [6, 6.07) is 7.87. The second-order valence-corrected chi connectivity index (χ2v) is 4.65. The molecule has 0 spiro atoms. The van der Waals surface area contributed by atoms with E-state index in [-0.39, 0.29) is 12.5 Å². The zero-order valence-corrected chi connectivity index (χ0v) is 10.5. The number of carbonyl (C=O) groups is 1. The van der Waals surface area contributed by atoms with Gasteiger partial charge in [-0.3, -0.25) is 4.79 Å². The van der Waals surface area contributed by atoms with Crippen LogP contribution < -0.4 is 15.8 Å². The van der Waals surface area contributed by atoms with Gasteiger partial charge in [-0.25, -0.2) is 0 Å². The van der Waals surface area contributed by atoms with E-state index in [2.05, 4.69) is 5.32 Å². The predicted octanol–water partition coefficient (Wildman–Crippen LogP) is 1.58. The first-order valence-corrected chi connectivity index (χ1v) is 6.50. The lowest BCUT2D eigenvalue weighted by Crippen LogP contribution is -2.29. The summed E-state index contributed by atoms with van der Waals surface area (Å²) in [4.78, 5) is 11.0. The van der Waals surface area contributed by atoms with Crippen molar-refractivity contribution in [2.75, 3.05) is 6.54 Å². The molecular weight excluding hydrogens is 228 g/mol. The third-order valence-electron chi connectivity index (χ3n) is 3.20. The highest BCUT2D eigenvalue weighted by Gasteiger charge is 2.16. The predicted molar refractivity (Wildman–Crippen MR) is 70.2 cm³/mol. The van der Waals surface area contributed by atoms with Crippen molar-refractivity contribution in [3.63, 3.8) is 0 Å². The fourth-order valence-electron chi connectivity index (χ4n) is 2.16. The van der Waals surface area contributed by atoms with Gasteiger partial charge in [-0.1, -0.05) is 12.1 Å². The molecule has 0 heterocycles. The molecular formula is C14H20N2O2. The molecule has 4 heteroatoms. The van der Waals surface area contributed by atoms with Gasteiger partial charge in [0.15, 0.2) is 0 Å². The average molecular weight is 248 g/mol. The molecule has 0 bridgehead atoms. The summed E-state index contributed by atoms with van der Waals surface area (Å²) in [6.45, 7) is 0.544. The van der Waals surface area contributed by atoms with Crippen molar-refractivity contribution in [1.82, 2.24) is 5.32 Å². The van der Waals surface area contributed by atoms with E-state index in [4.69, 9.17) is 10.5 Å². The molecule has 0 atom stereocenters. The Balaban J connectivity index is 1.82. The number of rotatable bonds is 5. The lowest BCUT2D eigenvalue weighted by molar-refractivity contribution is -0.119. The van der Waals surface area contributed by atoms with Crippen LogP contribution in [-0.4, -0.2) is 18.6 Å². The first-order chi connectivity index (χ1) is 8.78. The number of hydrogen-bond acceptors (Lipinski definition) is 3. The van der Waals surface area contributed by atoms with Crippen molar-refractivity contribution >= 4 is 5.91 Å². The minimum absolute atomic E-state index is 0.0306. The molecule has 1 fully saturated rings. The first-order valence-electron chi connectivity index (χ1n) is 6.50. The summed E-state index contributed by atoms with van der Waals surface area (Å²) in [6.07, 6.45) is 5.25. The van der Waals surface area contributed by atoms with Crippen LogP contribution in [-0.2, 0) is 11.3 Å². The minimum atomic E-state index is -0.138. The zero-order chi connectivity index (χ0) is 12.8. The van der Waals surface area contributed by atoms with Crippen LogP contribution in [0.15, 0.2) is 24.3 Å². The Morgan fingerprint density at radius 1 is 1.28 bits per heavy atom. The molecule has 98 valence electrons. The van der Waals surface area contributed by atoms with Crippen LogP contribution in [0.2, 0.25) is 0 Å². The van der Waals surface area contributed by atoms with Crippen molar-refractivity contribution in [2.45, 2.75) is 38.3 Å². The van der Waals surface area contributed by atoms with E-state index in [1.807, 2.05) is 24.3 Å². The van der Waals surface area contributed by atoms with Gasteiger partial charge in [0.1, 0.15) is 5.75 Å². The largest absolute Gasteiger partial charge is 0.490 e. The normalized spacial score (nSPS) is 15.6. The minimum Gasteiger partial charge on any atom is -0.490 e. The molecule has 1 aliphatic rings. The molecule has 1 amide bonds. The Morgan fingerprint density at radius 3 is 2.56 bits per heavy atom. The molecule has 1 aliphatic carbocycles. The van der Waals surface area contributed by atoms with Crippen LogP contribution in [0.1, 0.15) is 31.2 Å². The van der Waals surface area contributed by atoms with E-state index in [1.165, 1.54) is 12.8 Å². The molecule has 1 aromatic rings. The highest BCUT2D eigenvalue weighted by molar-refractivity contribution is 5.77. The van der Waals surface area contributed by atoms with Crippen molar-refractivity contribution in [2.24, 2.45) is 5.73 Å². The van der Waals surface area contributed by atoms with E-state index in [0.29, 0.717) is 12.6 Å². The van der Waals surface area contributed by atoms with E-state index in [1.54, 1.807) is 0 Å². The van der Waals surface area contributed by atoms with Crippen molar-refractivity contribution < 1.29 is 9.53 Å². The van der Waals surface area contributed by atoms with Crippen LogP contribution in [0.25, 0.3) is 0 Å². The lowest BCUT2D eigenvalue weighted by atomic mass is 10.2. The number of carbonyl (C=O) groups excluding carboxylic acids is 1. The Labute approximate surface area is 108 Å². The van der Waals surface area contributed by atoms with Gasteiger partial charge in [0, 0.05) is 6.54 Å². The molecule has 1 saturated carbocycles. The molecule has 0 unspecified atom stereocenters. The van der Waals surface area contributed by atoms with Crippen LogP contribution in [0.5, 0.6) is 5.75 Å². The summed E-state index contributed by atoms with van der Waals surface area (Å²) in [7, 11) is 0. The Morgan fingerprint density at radius 2 is 1.94 bits per heavy atom. The maximum Gasteiger partial charge on any atom is 0.234 e. The smallest absolute Gasteiger partial charge is 0.234 e. The number of nitrogens with two attached hydrogens (primary N) is 1. The second-order valence-electron chi connectivity index (χ2n) is 4.65. The summed E-state index contributed by atoms with van der Waals surface area (Å²) >= 11 is 0. The summed E-state index contributed by atoms with van der Waals surface area (Å²) in [5, 5.41) is 2.74. The summed E-state index contributed by atoms with van der Waals surface area (Å²) < 4.78 is 5.87. The van der Waals surface area contributed by atoms with Gasteiger partial charge >= 0.3 is 0 Å². The number of benzene rings is 1. The van der Waals surface area contributed by atoms with Crippen LogP contribution >= 0.6 is 0 Å². The monoisotopic (exact) mass is 248 g/mol. The third kappa shape index (κ3) is 3.74. The highest BCUT2D eigenvalue weighted by Crippen LogP contribution is 2.24. The van der Waals surface area contributed by atoms with E-state index < -0.39 is 0 Å². The van der Waals surface area contributed by atoms with E-state index in [9.17, 15) is 4.79 Å². The maximum absolute atomic E-state index is 11.0. The van der Waals surface area contributed by atoms with E-state index >= 15 is 0 Å². The molecule has 18 heavy (non-hydrogen) atoms. The fourth-order valence-corrected chi connectivity index (χ4v) is 2.16. The lowest BCUT2D eigenvalue weighted by Gasteiger charge is -2.13. The Hall–Kier alpha value is -1.55. The third-order valence-corrected chi connectivity index (χ3v) is 3.20. The molecule has 3 N–H and O–H groups in total. The molecule has 1 aromatic carbocycles. The average Bonchev–Trinajstić information content (AvgIpc) is 2.90. The van der Waals surface area contributed by atoms with Gasteiger partial charge in [-0.2, -0.15) is 0 Å². The van der Waals surface area contributed by atoms with Gasteiger partial charge < -0.3 is 15.8 Å². The molecule has 2 rings (SSSR count). The first kappa shape index (κ1) is 12.9. The molecule has 0 aromatic heterocycles. The highest BCUT2D eigenvalue weighted by atomic mass is 16.5. The van der Waals surface area contributed by atoms with Crippen LogP contribution in [0.4, 0.5) is 0 Å². The SMILES string of the molecule is NCC(=O)NCc1ccc(OC2CCCC2)cc1. The van der Waals surface area contributed by atoms with Crippen LogP contribution in [0, 0.1) is 0 Å². The molecule has 0 aliphatic heterocycles. The van der Waals surface area contributed by atoms with Crippen molar-refractivity contribution in [3.05, 3.63) is 29.8 Å². The number of amides is 1. The summed E-state index contributed by atoms with van der Waals surface area (Å²) in [5.74, 6) is 0.775. The zero-order valence-electron chi connectivity index (χ0n) is 10.5. The van der Waals surface area contributed by atoms with Crippen molar-refractivity contribution in [3.8, 4) is 5.75 Å². The van der Waals surface area contributed by atoms with Crippen LogP contribution in [0.3, 0.4) is 0 Å². The second kappa shape index (κ2) is 6.40. The van der Waals surface area contributed by atoms with E-state index in [0.717, 1.165) is 24.2 Å². The Kier molecular flexibility index (Phi) is 4.59. The number of nitrogens with one attached hydrogen (secondary N) is 1. The van der Waals surface area contributed by atoms with Gasteiger partial charge in [-0.15, -0.1) is 0 Å². The topological polar surface area (TPSA) is 64.4 Å². The quantitative estimate of drug-likeness (QED) is 0.831. The molecule has 4 nitrogen and oxygen atoms in total. The Bertz CT molecular complexity index is 383. The molecule has 0 radical (unpaired) electrons. The van der Waals surface area contributed by atoms with Gasteiger partial charge in [-0.05, 0) is 43.4 Å². The van der Waals surface area contributed by atoms with Gasteiger partial charge in [0.2, 0.25) is 5.91 Å². The standard InChI is InChI=1S/C14H20N2O2/c15-9-14(17)16-10-11-5-7-13(8-6-11)18-12-3-1-2-4-12/h5-8,12H,1-4,9-10,15H2,(H,16,17). The summed E-state index contributed by atoms with van der Waals surface area (Å²) in [5.41, 5.74) is 6.27. The van der Waals surface area contributed by atoms with Gasteiger partial charge in [0.05, 0.1) is 12.6 Å². The van der Waals surface area contributed by atoms with Gasteiger partial charge in [0.25, 0.3) is 0 Å². The number of hydrogen-bond donors (Lipinski definition) is 2. The fraction of sp³-hybridized carbons (Fsp3) is 0.500. The number of ether oxygens (including phenoxy) is 1. The van der Waals surface area contributed by atoms with Crippen molar-refractivity contribution in [1.29, 1.82) is 0 Å².